The van der Waals surface area contributed by atoms with Crippen LogP contribution in [0.4, 0.5) is 13.2 Å². The van der Waals surface area contributed by atoms with Crippen LogP contribution in [0, 0.1) is 5.92 Å². The van der Waals surface area contributed by atoms with Gasteiger partial charge in [-0.1, -0.05) is 18.2 Å². The van der Waals surface area contributed by atoms with Crippen LogP contribution in [-0.4, -0.2) is 11.1 Å². The highest BCUT2D eigenvalue weighted by molar-refractivity contribution is 5.79. The van der Waals surface area contributed by atoms with Gasteiger partial charge in [0.25, 0.3) is 0 Å². The molecular weight excluding hydrogens is 305 g/mol. The molecule has 0 unspecified atom stereocenters. The normalized spacial score (nSPS) is 22.4. The largest absolute Gasteiger partial charge is 0.478 e. The molecule has 1 N–H and O–H groups in total. The highest BCUT2D eigenvalue weighted by Crippen LogP contribution is 2.38. The summed E-state index contributed by atoms with van der Waals surface area (Å²) in [7, 11) is 0. The molecule has 0 atom stereocenters. The van der Waals surface area contributed by atoms with Crippen LogP contribution in [0.5, 0.6) is 0 Å². The number of carbonyl (C=O) groups is 1. The molecule has 1 aliphatic rings. The van der Waals surface area contributed by atoms with Gasteiger partial charge >= 0.3 is 12.1 Å². The maximum absolute atomic E-state index is 12.6. The molecule has 1 fully saturated rings. The van der Waals surface area contributed by atoms with Gasteiger partial charge in [-0.3, -0.25) is 0 Å². The van der Waals surface area contributed by atoms with Gasteiger partial charge in [-0.25, -0.2) is 4.79 Å². The van der Waals surface area contributed by atoms with Crippen LogP contribution in [0.2, 0.25) is 0 Å². The predicted molar refractivity (Wildman–Crippen MR) is 82.2 cm³/mol. The summed E-state index contributed by atoms with van der Waals surface area (Å²) in [5, 5.41) is 8.52. The first-order chi connectivity index (χ1) is 10.9. The van der Waals surface area contributed by atoms with Crippen LogP contribution in [0.1, 0.15) is 55.6 Å². The molecule has 0 heterocycles. The summed E-state index contributed by atoms with van der Waals surface area (Å²) < 4.78 is 37.7. The Balaban J connectivity index is 1.81. The summed E-state index contributed by atoms with van der Waals surface area (Å²) in [5.41, 5.74) is 0.391. The minimum atomic E-state index is -4.28. The molecule has 0 amide bonds. The summed E-state index contributed by atoms with van der Waals surface area (Å²) in [4.78, 5) is 10.4. The highest BCUT2D eigenvalue weighted by atomic mass is 19.4. The minimum absolute atomic E-state index is 0.336. The molecule has 1 aromatic carbocycles. The first kappa shape index (κ1) is 17.6. The zero-order valence-electron chi connectivity index (χ0n) is 12.9. The highest BCUT2D eigenvalue weighted by Gasteiger charge is 2.30. The van der Waals surface area contributed by atoms with Crippen molar-refractivity contribution in [3.8, 4) is 0 Å². The molecule has 5 heteroatoms. The van der Waals surface area contributed by atoms with Crippen molar-refractivity contribution in [2.75, 3.05) is 0 Å². The predicted octanol–water partition coefficient (Wildman–Crippen LogP) is 5.40. The fourth-order valence-electron chi connectivity index (χ4n) is 3.24. The van der Waals surface area contributed by atoms with Crippen molar-refractivity contribution in [1.29, 1.82) is 0 Å². The molecule has 0 bridgehead atoms. The second kappa shape index (κ2) is 7.66. The number of carboxylic acids is 1. The lowest BCUT2D eigenvalue weighted by Gasteiger charge is -2.28. The Hall–Kier alpha value is -1.78. The Morgan fingerprint density at radius 3 is 2.26 bits per heavy atom. The van der Waals surface area contributed by atoms with Gasteiger partial charge in [-0.05, 0) is 68.1 Å². The van der Waals surface area contributed by atoms with Gasteiger partial charge < -0.3 is 5.11 Å². The van der Waals surface area contributed by atoms with Gasteiger partial charge in [0.2, 0.25) is 0 Å². The van der Waals surface area contributed by atoms with Crippen molar-refractivity contribution in [2.24, 2.45) is 5.92 Å². The minimum Gasteiger partial charge on any atom is -0.478 e. The number of halogens is 3. The summed E-state index contributed by atoms with van der Waals surface area (Å²) >= 11 is 0. The van der Waals surface area contributed by atoms with Crippen LogP contribution in [0.15, 0.2) is 36.4 Å². The lowest BCUT2D eigenvalue weighted by atomic mass is 9.77. The topological polar surface area (TPSA) is 37.3 Å². The maximum atomic E-state index is 12.6. The van der Waals surface area contributed by atoms with E-state index in [1.165, 1.54) is 6.08 Å². The smallest absolute Gasteiger partial charge is 0.416 e. The molecule has 0 aromatic heterocycles. The number of alkyl halides is 3. The molecule has 0 spiro atoms. The van der Waals surface area contributed by atoms with E-state index in [1.807, 2.05) is 0 Å². The summed E-state index contributed by atoms with van der Waals surface area (Å²) in [6, 6.07) is 5.53. The molecule has 2 rings (SSSR count). The van der Waals surface area contributed by atoms with Gasteiger partial charge in [0.15, 0.2) is 0 Å². The molecule has 1 aromatic rings. The molecule has 2 nitrogen and oxygen atoms in total. The van der Waals surface area contributed by atoms with Crippen LogP contribution in [0.25, 0.3) is 0 Å². The van der Waals surface area contributed by atoms with E-state index in [-0.39, 0.29) is 0 Å². The van der Waals surface area contributed by atoms with Crippen LogP contribution < -0.4 is 0 Å². The summed E-state index contributed by atoms with van der Waals surface area (Å²) in [5.74, 6) is -0.00162. The molecule has 126 valence electrons. The Bertz CT molecular complexity index is 538. The van der Waals surface area contributed by atoms with E-state index in [0.717, 1.165) is 56.2 Å². The number of aliphatic carboxylic acids is 1. The monoisotopic (exact) mass is 326 g/mol. The second-order valence-corrected chi connectivity index (χ2v) is 6.16. The van der Waals surface area contributed by atoms with Crippen molar-refractivity contribution >= 4 is 5.97 Å². The van der Waals surface area contributed by atoms with Crippen molar-refractivity contribution in [2.45, 2.75) is 50.6 Å². The molecule has 0 saturated heterocycles. The lowest BCUT2D eigenvalue weighted by Crippen LogP contribution is -2.13. The van der Waals surface area contributed by atoms with Gasteiger partial charge in [0.1, 0.15) is 0 Å². The molecule has 1 aliphatic carbocycles. The zero-order chi connectivity index (χ0) is 16.9. The zero-order valence-corrected chi connectivity index (χ0v) is 12.9. The fourth-order valence-corrected chi connectivity index (χ4v) is 3.24. The van der Waals surface area contributed by atoms with Gasteiger partial charge in [0.05, 0.1) is 5.56 Å². The quantitative estimate of drug-likeness (QED) is 0.736. The fraction of sp³-hybridized carbons (Fsp3) is 0.500. The number of hydrogen-bond donors (Lipinski definition) is 1. The third-order valence-corrected chi connectivity index (χ3v) is 4.56. The van der Waals surface area contributed by atoms with E-state index in [4.69, 9.17) is 5.11 Å². The first-order valence-electron chi connectivity index (χ1n) is 7.93. The van der Waals surface area contributed by atoms with E-state index < -0.39 is 17.7 Å². The SMILES string of the molecule is O=C(O)/C=C/CC[C@H]1CC[C@H](c2ccc(C(F)(F)F)cc2)CC1. The van der Waals surface area contributed by atoms with E-state index in [2.05, 4.69) is 0 Å². The van der Waals surface area contributed by atoms with Crippen molar-refractivity contribution < 1.29 is 23.1 Å². The van der Waals surface area contributed by atoms with Crippen molar-refractivity contribution in [3.63, 3.8) is 0 Å². The van der Waals surface area contributed by atoms with Gasteiger partial charge in [0, 0.05) is 6.08 Å². The standard InChI is InChI=1S/C18H21F3O2/c19-18(20,21)16-11-9-15(10-12-16)14-7-5-13(6-8-14)3-1-2-4-17(22)23/h2,4,9-14H,1,3,5-8H2,(H,22,23)/b4-2+/t13-,14-. The molecule has 0 radical (unpaired) electrons. The number of benzene rings is 1. The molecule has 0 aliphatic heterocycles. The number of hydrogen-bond acceptors (Lipinski definition) is 1. The molecule has 1 saturated carbocycles. The van der Waals surface area contributed by atoms with E-state index >= 15 is 0 Å². The lowest BCUT2D eigenvalue weighted by molar-refractivity contribution is -0.137. The Kier molecular flexibility index (Phi) is 5.85. The van der Waals surface area contributed by atoms with E-state index in [0.29, 0.717) is 11.8 Å². The second-order valence-electron chi connectivity index (χ2n) is 6.16. The van der Waals surface area contributed by atoms with Gasteiger partial charge in [-0.15, -0.1) is 0 Å². The molecular formula is C18H21F3O2. The summed E-state index contributed by atoms with van der Waals surface area (Å²) in [6.45, 7) is 0. The van der Waals surface area contributed by atoms with Crippen LogP contribution in [-0.2, 0) is 11.0 Å². The average molecular weight is 326 g/mol. The Morgan fingerprint density at radius 1 is 1.13 bits per heavy atom. The van der Waals surface area contributed by atoms with E-state index in [9.17, 15) is 18.0 Å². The Morgan fingerprint density at radius 2 is 1.74 bits per heavy atom. The third kappa shape index (κ3) is 5.41. The van der Waals surface area contributed by atoms with Crippen LogP contribution in [0.3, 0.4) is 0 Å². The van der Waals surface area contributed by atoms with E-state index in [1.54, 1.807) is 18.2 Å². The maximum Gasteiger partial charge on any atom is 0.416 e. The third-order valence-electron chi connectivity index (χ3n) is 4.56. The van der Waals surface area contributed by atoms with Crippen molar-refractivity contribution in [3.05, 3.63) is 47.5 Å². The number of rotatable bonds is 5. The summed E-state index contributed by atoms with van der Waals surface area (Å²) in [6.07, 6.45) is 4.39. The average Bonchev–Trinajstić information content (AvgIpc) is 2.51. The van der Waals surface area contributed by atoms with Crippen molar-refractivity contribution in [1.82, 2.24) is 0 Å². The van der Waals surface area contributed by atoms with Gasteiger partial charge in [-0.2, -0.15) is 13.2 Å². The first-order valence-corrected chi connectivity index (χ1v) is 7.93. The number of allylic oxidation sites excluding steroid dienone is 1. The number of carboxylic acid groups (broad SMARTS) is 1. The molecule has 23 heavy (non-hydrogen) atoms. The Labute approximate surface area is 134 Å². The van der Waals surface area contributed by atoms with Crippen LogP contribution >= 0.6 is 0 Å².